The Bertz CT molecular complexity index is 1180. The first-order valence-corrected chi connectivity index (χ1v) is 12.9. The summed E-state index contributed by atoms with van der Waals surface area (Å²) in [5.74, 6) is 0.935. The van der Waals surface area contributed by atoms with Crippen LogP contribution in [0.15, 0.2) is 35.9 Å². The third kappa shape index (κ3) is 4.53. The first-order valence-electron chi connectivity index (χ1n) is 12.9. The average Bonchev–Trinajstić information content (AvgIpc) is 3.36. The van der Waals surface area contributed by atoms with E-state index in [0.717, 1.165) is 49.1 Å². The summed E-state index contributed by atoms with van der Waals surface area (Å²) in [6, 6.07) is 10.9. The fourth-order valence-corrected chi connectivity index (χ4v) is 6.16. The molecule has 0 aromatic heterocycles. The van der Waals surface area contributed by atoms with E-state index in [4.69, 9.17) is 9.47 Å². The van der Waals surface area contributed by atoms with Gasteiger partial charge in [0.05, 0.1) is 13.2 Å². The minimum absolute atomic E-state index is 0.0360. The Balaban J connectivity index is 1.51. The largest absolute Gasteiger partial charge is 0.496 e. The quantitative estimate of drug-likeness (QED) is 0.516. The monoisotopic (exact) mass is 474 g/mol. The molecule has 1 N–H and O–H groups in total. The zero-order valence-corrected chi connectivity index (χ0v) is 22.0. The number of amides is 1. The Kier molecular flexibility index (Phi) is 6.06. The zero-order valence-electron chi connectivity index (χ0n) is 22.0. The molecule has 0 spiro atoms. The first kappa shape index (κ1) is 23.8. The number of aryl methyl sites for hydroxylation is 2. The van der Waals surface area contributed by atoms with Gasteiger partial charge in [0.1, 0.15) is 11.9 Å². The Morgan fingerprint density at radius 2 is 1.86 bits per heavy atom. The molecule has 0 bridgehead atoms. The van der Waals surface area contributed by atoms with Crippen molar-refractivity contribution in [1.82, 2.24) is 4.90 Å². The van der Waals surface area contributed by atoms with Crippen LogP contribution in [0.25, 0.3) is 5.57 Å². The van der Waals surface area contributed by atoms with Gasteiger partial charge in [-0.25, -0.2) is 4.79 Å². The molecule has 2 atom stereocenters. The Morgan fingerprint density at radius 1 is 1.11 bits per heavy atom. The van der Waals surface area contributed by atoms with Crippen molar-refractivity contribution in [3.8, 4) is 5.75 Å². The van der Waals surface area contributed by atoms with Crippen LogP contribution >= 0.6 is 0 Å². The van der Waals surface area contributed by atoms with E-state index in [-0.39, 0.29) is 23.7 Å². The maximum absolute atomic E-state index is 13.1. The molecule has 5 heteroatoms. The fourth-order valence-electron chi connectivity index (χ4n) is 6.16. The summed E-state index contributed by atoms with van der Waals surface area (Å²) >= 11 is 0. The number of nitrogens with zero attached hydrogens (tertiary/aromatic N) is 1. The number of ether oxygens (including phenoxy) is 2. The highest BCUT2D eigenvalue weighted by Crippen LogP contribution is 2.47. The second-order valence-electron chi connectivity index (χ2n) is 11.4. The van der Waals surface area contributed by atoms with E-state index in [1.165, 1.54) is 33.5 Å². The molecule has 1 aliphatic carbocycles. The molecule has 0 unspecified atom stereocenters. The van der Waals surface area contributed by atoms with Crippen LogP contribution in [0, 0.1) is 19.3 Å². The molecule has 35 heavy (non-hydrogen) atoms. The van der Waals surface area contributed by atoms with Crippen LogP contribution in [0.3, 0.4) is 0 Å². The average molecular weight is 475 g/mol. The van der Waals surface area contributed by atoms with Crippen LogP contribution in [0.2, 0.25) is 0 Å². The van der Waals surface area contributed by atoms with Gasteiger partial charge in [0.25, 0.3) is 0 Å². The van der Waals surface area contributed by atoms with Gasteiger partial charge in [0, 0.05) is 24.3 Å². The van der Waals surface area contributed by atoms with Gasteiger partial charge in [0.15, 0.2) is 0 Å². The predicted molar refractivity (Wildman–Crippen MR) is 141 cm³/mol. The molecule has 1 amide bonds. The van der Waals surface area contributed by atoms with Crippen LogP contribution in [0.4, 0.5) is 10.5 Å². The number of fused-ring (bicyclic) bond motifs is 1. The van der Waals surface area contributed by atoms with Crippen molar-refractivity contribution in [2.75, 3.05) is 25.5 Å². The lowest BCUT2D eigenvalue weighted by atomic mass is 9.72. The van der Waals surface area contributed by atoms with E-state index in [0.29, 0.717) is 6.54 Å². The lowest BCUT2D eigenvalue weighted by Crippen LogP contribution is -2.35. The Morgan fingerprint density at radius 3 is 2.57 bits per heavy atom. The van der Waals surface area contributed by atoms with Gasteiger partial charge in [-0.15, -0.1) is 0 Å². The summed E-state index contributed by atoms with van der Waals surface area (Å²) in [5, 5.41) is 3.52. The van der Waals surface area contributed by atoms with Gasteiger partial charge >= 0.3 is 6.09 Å². The molecule has 2 heterocycles. The van der Waals surface area contributed by atoms with Crippen LogP contribution < -0.4 is 10.1 Å². The summed E-state index contributed by atoms with van der Waals surface area (Å²) in [7, 11) is 1.76. The third-order valence-corrected chi connectivity index (χ3v) is 7.96. The van der Waals surface area contributed by atoms with E-state index >= 15 is 0 Å². The number of cyclic esters (lactones) is 1. The SMILES string of the molecule is COc1cc2c(cc1C1=C(CN3C(=O)O[C@H](c4cc(C)cc(C)c4)[C@@H]3C)CC(C)(C)CC1)NCC2. The van der Waals surface area contributed by atoms with Gasteiger partial charge in [-0.05, 0) is 86.3 Å². The number of rotatable bonds is 5. The molecular formula is C30H38N2O3. The van der Waals surface area contributed by atoms with Gasteiger partial charge in [-0.2, -0.15) is 0 Å². The predicted octanol–water partition coefficient (Wildman–Crippen LogP) is 6.83. The van der Waals surface area contributed by atoms with E-state index < -0.39 is 0 Å². The lowest BCUT2D eigenvalue weighted by Gasteiger charge is -2.36. The van der Waals surface area contributed by atoms with Gasteiger partial charge < -0.3 is 14.8 Å². The molecular weight excluding hydrogens is 436 g/mol. The molecule has 186 valence electrons. The molecule has 2 aromatic rings. The summed E-state index contributed by atoms with van der Waals surface area (Å²) in [5.41, 5.74) is 10.00. The first-order chi connectivity index (χ1) is 16.6. The van der Waals surface area contributed by atoms with Crippen LogP contribution in [-0.2, 0) is 11.2 Å². The second kappa shape index (κ2) is 8.92. The topological polar surface area (TPSA) is 50.8 Å². The highest BCUT2D eigenvalue weighted by Gasteiger charge is 2.41. The third-order valence-electron chi connectivity index (χ3n) is 7.96. The number of methoxy groups -OCH3 is 1. The number of allylic oxidation sites excluding steroid dienone is 1. The lowest BCUT2D eigenvalue weighted by molar-refractivity contribution is 0.130. The van der Waals surface area contributed by atoms with E-state index in [2.05, 4.69) is 70.3 Å². The smallest absolute Gasteiger partial charge is 0.411 e. The molecule has 0 saturated carbocycles. The second-order valence-corrected chi connectivity index (χ2v) is 11.4. The van der Waals surface area contributed by atoms with Crippen molar-refractivity contribution >= 4 is 17.4 Å². The van der Waals surface area contributed by atoms with Crippen LogP contribution in [0.5, 0.6) is 5.75 Å². The molecule has 1 fully saturated rings. The molecule has 1 saturated heterocycles. The van der Waals surface area contributed by atoms with E-state index in [1.807, 2.05) is 4.90 Å². The fraction of sp³-hybridized carbons (Fsp3) is 0.500. The van der Waals surface area contributed by atoms with Crippen molar-refractivity contribution in [2.24, 2.45) is 5.41 Å². The van der Waals surface area contributed by atoms with E-state index in [9.17, 15) is 4.79 Å². The van der Waals surface area contributed by atoms with E-state index in [1.54, 1.807) is 7.11 Å². The minimum Gasteiger partial charge on any atom is -0.496 e. The van der Waals surface area contributed by atoms with Crippen molar-refractivity contribution in [3.05, 3.63) is 63.7 Å². The molecule has 2 aliphatic heterocycles. The van der Waals surface area contributed by atoms with Crippen molar-refractivity contribution in [3.63, 3.8) is 0 Å². The zero-order chi connectivity index (χ0) is 24.9. The maximum atomic E-state index is 13.1. The highest BCUT2D eigenvalue weighted by molar-refractivity contribution is 5.80. The Labute approximate surface area is 209 Å². The van der Waals surface area contributed by atoms with Crippen LogP contribution in [0.1, 0.15) is 74.0 Å². The number of carbonyl (C=O) groups is 1. The number of carbonyl (C=O) groups excluding carboxylic acids is 1. The van der Waals surface area contributed by atoms with Crippen molar-refractivity contribution in [1.29, 1.82) is 0 Å². The summed E-state index contributed by atoms with van der Waals surface area (Å²) in [6.07, 6.45) is 3.61. The Hall–Kier alpha value is -2.95. The molecule has 2 aromatic carbocycles. The minimum atomic E-state index is -0.250. The molecule has 0 radical (unpaired) electrons. The molecule has 3 aliphatic rings. The highest BCUT2D eigenvalue weighted by atomic mass is 16.6. The number of hydrogen-bond donors (Lipinski definition) is 1. The van der Waals surface area contributed by atoms with Gasteiger partial charge in [-0.1, -0.05) is 43.2 Å². The summed E-state index contributed by atoms with van der Waals surface area (Å²) in [6.45, 7) is 12.5. The van der Waals surface area contributed by atoms with Crippen molar-refractivity contribution < 1.29 is 14.3 Å². The number of hydrogen-bond acceptors (Lipinski definition) is 4. The van der Waals surface area contributed by atoms with Gasteiger partial charge in [-0.3, -0.25) is 4.90 Å². The number of nitrogens with one attached hydrogen (secondary N) is 1. The molecule has 5 nitrogen and oxygen atoms in total. The summed E-state index contributed by atoms with van der Waals surface area (Å²) in [4.78, 5) is 15.1. The summed E-state index contributed by atoms with van der Waals surface area (Å²) < 4.78 is 11.8. The van der Waals surface area contributed by atoms with Gasteiger partial charge in [0.2, 0.25) is 0 Å². The normalized spacial score (nSPS) is 23.3. The number of anilines is 1. The number of benzene rings is 2. The maximum Gasteiger partial charge on any atom is 0.411 e. The standard InChI is InChI=1S/C30H38N2O3/c1-18-11-19(2)13-22(12-18)28-20(3)32(29(33)35-28)17-23-16-30(4,5)9-7-24(23)25-15-26-21(8-10-31-26)14-27(25)34-6/h11-15,20,28,31H,7-10,16-17H2,1-6H3/t20-,28-/m0/s1. The van der Waals surface area contributed by atoms with Crippen LogP contribution in [-0.4, -0.2) is 37.2 Å². The molecule has 5 rings (SSSR count). The van der Waals surface area contributed by atoms with Crippen molar-refractivity contribution in [2.45, 2.75) is 72.4 Å².